The van der Waals surface area contributed by atoms with E-state index in [1.165, 1.54) is 18.2 Å². The van der Waals surface area contributed by atoms with Crippen molar-refractivity contribution in [2.75, 3.05) is 5.32 Å². The molecule has 0 spiro atoms. The van der Waals surface area contributed by atoms with Gasteiger partial charge in [0.25, 0.3) is 5.91 Å². The second-order valence-electron chi connectivity index (χ2n) is 5.83. The predicted octanol–water partition coefficient (Wildman–Crippen LogP) is 5.88. The van der Waals surface area contributed by atoms with E-state index >= 15 is 0 Å². The number of carbonyl (C=O) groups excluding carboxylic acids is 1. The molecule has 0 bridgehead atoms. The second kappa shape index (κ2) is 7.91. The van der Waals surface area contributed by atoms with Gasteiger partial charge in [-0.15, -0.1) is 0 Å². The lowest BCUT2D eigenvalue weighted by Crippen LogP contribution is -2.17. The summed E-state index contributed by atoms with van der Waals surface area (Å²) in [4.78, 5) is 12.8. The number of amides is 1. The molecular weight excluding hydrogens is 351 g/mol. The quantitative estimate of drug-likeness (QED) is 0.452. The normalized spacial score (nSPS) is 11.9. The molecule has 0 aliphatic rings. The van der Waals surface area contributed by atoms with Gasteiger partial charge in [-0.3, -0.25) is 4.79 Å². The Kier molecular flexibility index (Phi) is 5.41. The predicted molar refractivity (Wildman–Crippen MR) is 101 cm³/mol. The third-order valence-electron chi connectivity index (χ3n) is 3.92. The highest BCUT2D eigenvalue weighted by Crippen LogP contribution is 2.35. The Bertz CT molecular complexity index is 948. The molecule has 27 heavy (non-hydrogen) atoms. The number of benzene rings is 3. The summed E-state index contributed by atoms with van der Waals surface area (Å²) >= 11 is 0. The van der Waals surface area contributed by atoms with Gasteiger partial charge in [-0.05, 0) is 29.3 Å². The van der Waals surface area contributed by atoms with Crippen LogP contribution < -0.4 is 5.32 Å². The van der Waals surface area contributed by atoms with Gasteiger partial charge in [0.05, 0.1) is 11.3 Å². The lowest BCUT2D eigenvalue weighted by Gasteiger charge is -2.15. The number of carbonyl (C=O) groups is 1. The van der Waals surface area contributed by atoms with E-state index in [-0.39, 0.29) is 11.3 Å². The number of hydrogen-bond donors (Lipinski definition) is 1. The molecule has 0 heterocycles. The Morgan fingerprint density at radius 2 is 1.33 bits per heavy atom. The van der Waals surface area contributed by atoms with E-state index < -0.39 is 17.6 Å². The molecule has 0 aliphatic carbocycles. The van der Waals surface area contributed by atoms with Crippen LogP contribution in [0.25, 0.3) is 11.6 Å². The zero-order chi connectivity index (χ0) is 19.3. The molecule has 0 unspecified atom stereocenters. The zero-order valence-electron chi connectivity index (χ0n) is 14.2. The van der Waals surface area contributed by atoms with Gasteiger partial charge in [-0.25, -0.2) is 0 Å². The second-order valence-corrected chi connectivity index (χ2v) is 5.83. The summed E-state index contributed by atoms with van der Waals surface area (Å²) in [6.07, 6.45) is -2.90. The van der Waals surface area contributed by atoms with Crippen molar-refractivity contribution in [2.24, 2.45) is 0 Å². The van der Waals surface area contributed by atoms with E-state index in [0.717, 1.165) is 11.6 Å². The number of alkyl halides is 3. The zero-order valence-corrected chi connectivity index (χ0v) is 14.2. The Morgan fingerprint density at radius 3 is 1.96 bits per heavy atom. The number of anilines is 1. The first-order chi connectivity index (χ1) is 12.9. The molecule has 0 atom stereocenters. The third kappa shape index (κ3) is 4.64. The minimum absolute atomic E-state index is 0.273. The molecule has 0 aromatic heterocycles. The van der Waals surface area contributed by atoms with Crippen molar-refractivity contribution >= 4 is 23.2 Å². The standard InChI is InChI=1S/C22H16F3NO/c23-22(24,25)19-13-7-8-14-20(19)26-21(27)18(17-11-5-2-6-12-17)15-16-9-3-1-4-10-16/h1-15H,(H,26,27)/b18-15-. The summed E-state index contributed by atoms with van der Waals surface area (Å²) in [5.74, 6) is -0.609. The van der Waals surface area contributed by atoms with E-state index in [0.29, 0.717) is 5.56 Å². The number of para-hydroxylation sites is 1. The summed E-state index contributed by atoms with van der Waals surface area (Å²) in [6, 6.07) is 22.9. The van der Waals surface area contributed by atoms with E-state index in [1.54, 1.807) is 36.4 Å². The molecule has 3 aromatic rings. The van der Waals surface area contributed by atoms with Gasteiger partial charge in [0.1, 0.15) is 0 Å². The Hall–Kier alpha value is -3.34. The first kappa shape index (κ1) is 18.5. The number of hydrogen-bond acceptors (Lipinski definition) is 1. The van der Waals surface area contributed by atoms with E-state index in [4.69, 9.17) is 0 Å². The van der Waals surface area contributed by atoms with Gasteiger partial charge in [-0.1, -0.05) is 72.8 Å². The molecule has 0 radical (unpaired) electrons. The van der Waals surface area contributed by atoms with Gasteiger partial charge in [0.2, 0.25) is 0 Å². The van der Waals surface area contributed by atoms with Crippen molar-refractivity contribution in [3.63, 3.8) is 0 Å². The van der Waals surface area contributed by atoms with E-state index in [1.807, 2.05) is 30.3 Å². The highest BCUT2D eigenvalue weighted by Gasteiger charge is 2.33. The fourth-order valence-corrected chi connectivity index (χ4v) is 2.64. The maximum absolute atomic E-state index is 13.2. The lowest BCUT2D eigenvalue weighted by molar-refractivity contribution is -0.136. The summed E-state index contributed by atoms with van der Waals surface area (Å²) in [5, 5.41) is 2.41. The van der Waals surface area contributed by atoms with Crippen LogP contribution in [0.5, 0.6) is 0 Å². The Labute approximate surface area is 155 Å². The van der Waals surface area contributed by atoms with Crippen molar-refractivity contribution in [1.82, 2.24) is 0 Å². The van der Waals surface area contributed by atoms with Gasteiger partial charge in [0, 0.05) is 5.57 Å². The van der Waals surface area contributed by atoms with Crippen LogP contribution >= 0.6 is 0 Å². The molecule has 0 saturated carbocycles. The highest BCUT2D eigenvalue weighted by atomic mass is 19.4. The number of halogens is 3. The molecule has 5 heteroatoms. The third-order valence-corrected chi connectivity index (χ3v) is 3.92. The first-order valence-corrected chi connectivity index (χ1v) is 8.25. The lowest BCUT2D eigenvalue weighted by atomic mass is 10.0. The van der Waals surface area contributed by atoms with Crippen molar-refractivity contribution in [3.8, 4) is 0 Å². The molecule has 1 N–H and O–H groups in total. The van der Waals surface area contributed by atoms with Gasteiger partial charge in [0.15, 0.2) is 0 Å². The van der Waals surface area contributed by atoms with Gasteiger partial charge < -0.3 is 5.32 Å². The van der Waals surface area contributed by atoms with Crippen LogP contribution in [0, 0.1) is 0 Å². The molecule has 2 nitrogen and oxygen atoms in total. The summed E-state index contributed by atoms with van der Waals surface area (Å²) in [7, 11) is 0. The first-order valence-electron chi connectivity index (χ1n) is 8.25. The highest BCUT2D eigenvalue weighted by molar-refractivity contribution is 6.29. The molecule has 0 saturated heterocycles. The molecular formula is C22H16F3NO. The van der Waals surface area contributed by atoms with Crippen molar-refractivity contribution < 1.29 is 18.0 Å². The molecule has 3 rings (SSSR count). The Balaban J connectivity index is 2.00. The van der Waals surface area contributed by atoms with Crippen LogP contribution in [-0.4, -0.2) is 5.91 Å². The van der Waals surface area contributed by atoms with Crippen molar-refractivity contribution in [1.29, 1.82) is 0 Å². The van der Waals surface area contributed by atoms with Crippen LogP contribution in [0.15, 0.2) is 84.9 Å². The fraction of sp³-hybridized carbons (Fsp3) is 0.0455. The van der Waals surface area contributed by atoms with Gasteiger partial charge >= 0.3 is 6.18 Å². The largest absolute Gasteiger partial charge is 0.418 e. The number of nitrogens with one attached hydrogen (secondary N) is 1. The van der Waals surface area contributed by atoms with E-state index in [9.17, 15) is 18.0 Å². The van der Waals surface area contributed by atoms with Crippen LogP contribution in [0.1, 0.15) is 16.7 Å². The smallest absolute Gasteiger partial charge is 0.321 e. The fourth-order valence-electron chi connectivity index (χ4n) is 2.64. The minimum Gasteiger partial charge on any atom is -0.321 e. The molecule has 0 fully saturated rings. The molecule has 3 aromatic carbocycles. The minimum atomic E-state index is -4.56. The van der Waals surface area contributed by atoms with Crippen molar-refractivity contribution in [2.45, 2.75) is 6.18 Å². The monoisotopic (exact) mass is 367 g/mol. The molecule has 1 amide bonds. The molecule has 136 valence electrons. The number of rotatable bonds is 4. The summed E-state index contributed by atoms with van der Waals surface area (Å²) < 4.78 is 39.6. The van der Waals surface area contributed by atoms with Crippen LogP contribution in [0.4, 0.5) is 18.9 Å². The topological polar surface area (TPSA) is 29.1 Å². The van der Waals surface area contributed by atoms with Crippen LogP contribution in [-0.2, 0) is 11.0 Å². The van der Waals surface area contributed by atoms with E-state index in [2.05, 4.69) is 5.32 Å². The van der Waals surface area contributed by atoms with Crippen LogP contribution in [0.2, 0.25) is 0 Å². The maximum Gasteiger partial charge on any atom is 0.418 e. The summed E-state index contributed by atoms with van der Waals surface area (Å²) in [5.41, 5.74) is 0.507. The Morgan fingerprint density at radius 1 is 0.778 bits per heavy atom. The van der Waals surface area contributed by atoms with Gasteiger partial charge in [-0.2, -0.15) is 13.2 Å². The summed E-state index contributed by atoms with van der Waals surface area (Å²) in [6.45, 7) is 0. The molecule has 0 aliphatic heterocycles. The van der Waals surface area contributed by atoms with Crippen LogP contribution in [0.3, 0.4) is 0 Å². The average molecular weight is 367 g/mol. The average Bonchev–Trinajstić information content (AvgIpc) is 2.67. The maximum atomic E-state index is 13.2. The van der Waals surface area contributed by atoms with Crippen molar-refractivity contribution in [3.05, 3.63) is 102 Å². The SMILES string of the molecule is O=C(Nc1ccccc1C(F)(F)F)/C(=C\c1ccccc1)c1ccccc1.